The number of hydrogen-bond acceptors (Lipinski definition) is 10. The maximum Gasteiger partial charge on any atom is 0.354 e. The Labute approximate surface area is 158 Å². The number of aromatic carboxylic acids is 4. The third kappa shape index (κ3) is 9.49. The first-order valence-electron chi connectivity index (χ1n) is 6.09. The Morgan fingerprint density at radius 1 is 0.500 bits per heavy atom. The maximum atomic E-state index is 10.3. The van der Waals surface area contributed by atoms with Crippen LogP contribution in [-0.4, -0.2) is 54.3 Å². The van der Waals surface area contributed by atoms with Crippen molar-refractivity contribution in [3.63, 3.8) is 0 Å². The smallest absolute Gasteiger partial charge is 0.354 e. The van der Waals surface area contributed by atoms with E-state index in [4.69, 9.17) is 20.4 Å². The standard InChI is InChI=1S/2C7H5NO4.4H3N/c2*9-6(10)4-2-1-3-5(8-4)7(11)12;;;;/h2*1-3H,(H,9,10)(H,11,12);4*1H3. The van der Waals surface area contributed by atoms with Crippen molar-refractivity contribution in [1.82, 2.24) is 34.6 Å². The minimum absolute atomic E-state index is 0. The van der Waals surface area contributed by atoms with Crippen molar-refractivity contribution in [2.45, 2.75) is 0 Å². The van der Waals surface area contributed by atoms with E-state index >= 15 is 0 Å². The quantitative estimate of drug-likeness (QED) is 0.360. The number of pyridine rings is 2. The van der Waals surface area contributed by atoms with Gasteiger partial charge in [0.25, 0.3) is 0 Å². The van der Waals surface area contributed by atoms with Gasteiger partial charge >= 0.3 is 23.9 Å². The molecule has 0 unspecified atom stereocenters. The third-order valence-electron chi connectivity index (χ3n) is 2.37. The van der Waals surface area contributed by atoms with Crippen LogP contribution in [0.15, 0.2) is 36.4 Å². The Bertz CT molecular complexity index is 688. The Morgan fingerprint density at radius 2 is 0.679 bits per heavy atom. The fourth-order valence-corrected chi connectivity index (χ4v) is 1.35. The highest BCUT2D eigenvalue weighted by Crippen LogP contribution is 1.99. The van der Waals surface area contributed by atoms with E-state index in [-0.39, 0.29) is 47.4 Å². The molecule has 0 saturated carbocycles. The van der Waals surface area contributed by atoms with Crippen LogP contribution in [0.4, 0.5) is 0 Å². The largest absolute Gasteiger partial charge is 0.477 e. The van der Waals surface area contributed by atoms with Crippen LogP contribution in [0, 0.1) is 0 Å². The summed E-state index contributed by atoms with van der Waals surface area (Å²) in [5.74, 6) is -4.95. The molecule has 2 heterocycles. The zero-order valence-electron chi connectivity index (χ0n) is 14.6. The zero-order valence-corrected chi connectivity index (χ0v) is 14.6. The number of rotatable bonds is 4. The molecule has 0 aliphatic heterocycles. The van der Waals surface area contributed by atoms with E-state index in [1.807, 2.05) is 0 Å². The summed E-state index contributed by atoms with van der Waals surface area (Å²) in [6.07, 6.45) is 0. The Balaban J connectivity index is -0.000000180. The Hall–Kier alpha value is -3.98. The van der Waals surface area contributed by atoms with Crippen LogP contribution in [0.3, 0.4) is 0 Å². The highest BCUT2D eigenvalue weighted by Gasteiger charge is 2.09. The van der Waals surface area contributed by atoms with Gasteiger partial charge in [-0.2, -0.15) is 0 Å². The molecule has 0 amide bonds. The Morgan fingerprint density at radius 3 is 0.821 bits per heavy atom. The second-order valence-corrected chi connectivity index (χ2v) is 4.04. The topological polar surface area (TPSA) is 315 Å². The van der Waals surface area contributed by atoms with E-state index in [2.05, 4.69) is 9.97 Å². The van der Waals surface area contributed by atoms with Gasteiger partial charge in [-0.05, 0) is 24.3 Å². The molecule has 28 heavy (non-hydrogen) atoms. The lowest BCUT2D eigenvalue weighted by atomic mass is 10.3. The molecule has 16 N–H and O–H groups in total. The third-order valence-corrected chi connectivity index (χ3v) is 2.37. The van der Waals surface area contributed by atoms with Crippen LogP contribution in [0.2, 0.25) is 0 Å². The number of carboxylic acid groups (broad SMARTS) is 4. The highest BCUT2D eigenvalue weighted by atomic mass is 16.4. The average molecular weight is 402 g/mol. The first kappa shape index (κ1) is 31.8. The molecule has 2 aromatic heterocycles. The van der Waals surface area contributed by atoms with Gasteiger partial charge < -0.3 is 45.0 Å². The fourth-order valence-electron chi connectivity index (χ4n) is 1.35. The second-order valence-electron chi connectivity index (χ2n) is 4.04. The van der Waals surface area contributed by atoms with Crippen LogP contribution in [0.1, 0.15) is 42.0 Å². The van der Waals surface area contributed by atoms with Crippen molar-refractivity contribution in [3.8, 4) is 0 Å². The van der Waals surface area contributed by atoms with Crippen molar-refractivity contribution < 1.29 is 39.6 Å². The molecule has 0 fully saturated rings. The monoisotopic (exact) mass is 402 g/mol. The Kier molecular flexibility index (Phi) is 16.1. The maximum absolute atomic E-state index is 10.3. The molecule has 2 rings (SSSR count). The summed E-state index contributed by atoms with van der Waals surface area (Å²) in [7, 11) is 0. The van der Waals surface area contributed by atoms with Crippen LogP contribution in [0.5, 0.6) is 0 Å². The van der Waals surface area contributed by atoms with Crippen LogP contribution in [-0.2, 0) is 0 Å². The minimum atomic E-state index is -1.24. The second kappa shape index (κ2) is 14.2. The van der Waals surface area contributed by atoms with Crippen molar-refractivity contribution in [1.29, 1.82) is 0 Å². The molecule has 2 aromatic rings. The molecule has 0 radical (unpaired) electrons. The molecule has 0 saturated heterocycles. The van der Waals surface area contributed by atoms with E-state index in [0.717, 1.165) is 0 Å². The number of aromatic nitrogens is 2. The molecule has 14 heteroatoms. The van der Waals surface area contributed by atoms with Gasteiger partial charge in [0.1, 0.15) is 22.8 Å². The van der Waals surface area contributed by atoms with Crippen molar-refractivity contribution in [3.05, 3.63) is 59.2 Å². The molecular weight excluding hydrogens is 380 g/mol. The van der Waals surface area contributed by atoms with Gasteiger partial charge in [0.05, 0.1) is 0 Å². The van der Waals surface area contributed by atoms with E-state index in [1.54, 1.807) is 0 Å². The van der Waals surface area contributed by atoms with Gasteiger partial charge in [-0.3, -0.25) is 0 Å². The lowest BCUT2D eigenvalue weighted by Crippen LogP contribution is -2.06. The van der Waals surface area contributed by atoms with Gasteiger partial charge in [0.15, 0.2) is 0 Å². The van der Waals surface area contributed by atoms with Crippen molar-refractivity contribution >= 4 is 23.9 Å². The predicted octanol–water partition coefficient (Wildman–Crippen LogP) is 1.60. The highest BCUT2D eigenvalue weighted by molar-refractivity contribution is 5.90. The molecule has 0 aromatic carbocycles. The summed E-state index contributed by atoms with van der Waals surface area (Å²) in [6, 6.07) is 7.59. The molecule has 14 nitrogen and oxygen atoms in total. The van der Waals surface area contributed by atoms with E-state index < -0.39 is 23.9 Å². The van der Waals surface area contributed by atoms with Crippen LogP contribution >= 0.6 is 0 Å². The molecular formula is C14H22N6O8. The zero-order chi connectivity index (χ0) is 18.3. The molecule has 0 spiro atoms. The predicted molar refractivity (Wildman–Crippen MR) is 96.4 cm³/mol. The van der Waals surface area contributed by atoms with E-state index in [9.17, 15) is 19.2 Å². The molecule has 0 aliphatic carbocycles. The number of hydrogen-bond donors (Lipinski definition) is 8. The summed E-state index contributed by atoms with van der Waals surface area (Å²) in [5, 5.41) is 33.7. The van der Waals surface area contributed by atoms with E-state index in [1.165, 1.54) is 36.4 Å². The number of carbonyl (C=O) groups is 4. The summed E-state index contributed by atoms with van der Waals surface area (Å²) in [4.78, 5) is 48.0. The van der Waals surface area contributed by atoms with Gasteiger partial charge in [-0.15, -0.1) is 0 Å². The van der Waals surface area contributed by atoms with Gasteiger partial charge in [-0.25, -0.2) is 29.1 Å². The minimum Gasteiger partial charge on any atom is -0.477 e. The van der Waals surface area contributed by atoms with E-state index in [0.29, 0.717) is 0 Å². The molecule has 0 bridgehead atoms. The SMILES string of the molecule is N.N.N.N.O=C(O)c1cccc(C(=O)O)n1.O=C(O)c1cccc(C(=O)O)n1. The lowest BCUT2D eigenvalue weighted by molar-refractivity contribution is 0.0664. The molecule has 0 atom stereocenters. The molecule has 156 valence electrons. The summed E-state index contributed by atoms with van der Waals surface area (Å²) >= 11 is 0. The average Bonchev–Trinajstić information content (AvgIpc) is 2.55. The number of nitrogens with zero attached hydrogens (tertiary/aromatic N) is 2. The summed E-state index contributed by atoms with van der Waals surface area (Å²) in [5.41, 5.74) is -1.07. The summed E-state index contributed by atoms with van der Waals surface area (Å²) < 4.78 is 0. The first-order valence-corrected chi connectivity index (χ1v) is 6.09. The fraction of sp³-hybridized carbons (Fsp3) is 0. The van der Waals surface area contributed by atoms with Gasteiger partial charge in [0, 0.05) is 0 Å². The van der Waals surface area contributed by atoms with Crippen LogP contribution < -0.4 is 24.6 Å². The molecule has 0 aliphatic rings. The van der Waals surface area contributed by atoms with Crippen molar-refractivity contribution in [2.75, 3.05) is 0 Å². The van der Waals surface area contributed by atoms with Crippen molar-refractivity contribution in [2.24, 2.45) is 0 Å². The van der Waals surface area contributed by atoms with Crippen LogP contribution in [0.25, 0.3) is 0 Å². The normalized spacial score (nSPS) is 8.00. The lowest BCUT2D eigenvalue weighted by Gasteiger charge is -1.94. The van der Waals surface area contributed by atoms with Gasteiger partial charge in [-0.1, -0.05) is 12.1 Å². The van der Waals surface area contributed by atoms with Gasteiger partial charge in [0.2, 0.25) is 0 Å². The number of carboxylic acids is 4. The summed E-state index contributed by atoms with van der Waals surface area (Å²) in [6.45, 7) is 0. The first-order chi connectivity index (χ1) is 11.2.